The van der Waals surface area contributed by atoms with Crippen LogP contribution in [-0.4, -0.2) is 53.3 Å². The zero-order valence-electron chi connectivity index (χ0n) is 16.5. The fourth-order valence-corrected chi connectivity index (χ4v) is 4.39. The van der Waals surface area contributed by atoms with Crippen LogP contribution in [0.2, 0.25) is 0 Å². The van der Waals surface area contributed by atoms with Gasteiger partial charge in [0.25, 0.3) is 0 Å². The second-order valence-electron chi connectivity index (χ2n) is 6.04. The summed E-state index contributed by atoms with van der Waals surface area (Å²) >= 11 is 1.20. The van der Waals surface area contributed by atoms with Gasteiger partial charge in [-0.05, 0) is 37.6 Å². The van der Waals surface area contributed by atoms with Gasteiger partial charge in [0.1, 0.15) is 4.21 Å². The predicted molar refractivity (Wildman–Crippen MR) is 124 cm³/mol. The lowest BCUT2D eigenvalue weighted by atomic mass is 10.0. The Kier molecular flexibility index (Phi) is 14.3. The van der Waals surface area contributed by atoms with E-state index in [-0.39, 0.29) is 36.6 Å². The lowest BCUT2D eigenvalue weighted by molar-refractivity contribution is 0.0266. The summed E-state index contributed by atoms with van der Waals surface area (Å²) in [5.41, 5.74) is 0. The van der Waals surface area contributed by atoms with Crippen molar-refractivity contribution in [2.75, 3.05) is 32.8 Å². The minimum atomic E-state index is -3.42. The van der Waals surface area contributed by atoms with Crippen molar-refractivity contribution in [2.24, 2.45) is 10.9 Å². The molecule has 0 saturated carbocycles. The zero-order valence-corrected chi connectivity index (χ0v) is 20.5. The average Bonchev–Trinajstić information content (AvgIpc) is 3.13. The summed E-state index contributed by atoms with van der Waals surface area (Å²) in [5, 5.41) is 8.06. The van der Waals surface area contributed by atoms with E-state index in [1.54, 1.807) is 17.5 Å². The van der Waals surface area contributed by atoms with Crippen LogP contribution >= 0.6 is 35.3 Å². The molecular formula is C17H33IN4O3S2. The van der Waals surface area contributed by atoms with Crippen LogP contribution in [0.3, 0.4) is 0 Å². The fourth-order valence-electron chi connectivity index (χ4n) is 2.32. The Hall–Kier alpha value is -0.430. The molecule has 0 bridgehead atoms. The van der Waals surface area contributed by atoms with Crippen LogP contribution < -0.4 is 15.4 Å². The summed E-state index contributed by atoms with van der Waals surface area (Å²) in [6, 6.07) is 3.32. The van der Waals surface area contributed by atoms with E-state index in [1.165, 1.54) is 11.3 Å². The lowest BCUT2D eigenvalue weighted by Crippen LogP contribution is -2.41. The molecule has 1 heterocycles. The van der Waals surface area contributed by atoms with Gasteiger partial charge in [-0.2, -0.15) is 0 Å². The summed E-state index contributed by atoms with van der Waals surface area (Å²) in [6.07, 6.45) is 1.05. The van der Waals surface area contributed by atoms with Crippen molar-refractivity contribution in [1.82, 2.24) is 15.4 Å². The lowest BCUT2D eigenvalue weighted by Gasteiger charge is -2.20. The van der Waals surface area contributed by atoms with E-state index in [0.29, 0.717) is 35.8 Å². The topological polar surface area (TPSA) is 91.8 Å². The van der Waals surface area contributed by atoms with Crippen LogP contribution in [0.5, 0.6) is 0 Å². The van der Waals surface area contributed by atoms with E-state index in [9.17, 15) is 8.42 Å². The zero-order chi connectivity index (χ0) is 19.4. The highest BCUT2D eigenvalue weighted by atomic mass is 127. The van der Waals surface area contributed by atoms with Crippen molar-refractivity contribution >= 4 is 51.3 Å². The number of rotatable bonds is 12. The molecule has 0 amide bonds. The van der Waals surface area contributed by atoms with Gasteiger partial charge >= 0.3 is 0 Å². The third kappa shape index (κ3) is 10.6. The van der Waals surface area contributed by atoms with Gasteiger partial charge in [0.2, 0.25) is 10.0 Å². The molecule has 10 heteroatoms. The van der Waals surface area contributed by atoms with Gasteiger partial charge in [0.05, 0.1) is 6.10 Å². The summed E-state index contributed by atoms with van der Waals surface area (Å²) in [4.78, 5) is 4.54. The van der Waals surface area contributed by atoms with E-state index in [4.69, 9.17) is 4.74 Å². The smallest absolute Gasteiger partial charge is 0.250 e. The molecule has 27 heavy (non-hydrogen) atoms. The Balaban J connectivity index is 0.00000676. The molecule has 0 aromatic carbocycles. The molecule has 7 nitrogen and oxygen atoms in total. The predicted octanol–water partition coefficient (Wildman–Crippen LogP) is 2.65. The van der Waals surface area contributed by atoms with Crippen molar-refractivity contribution < 1.29 is 13.2 Å². The number of halogens is 1. The van der Waals surface area contributed by atoms with E-state index >= 15 is 0 Å². The number of aliphatic imine (C=N–C) groups is 1. The van der Waals surface area contributed by atoms with Crippen molar-refractivity contribution in [2.45, 2.75) is 44.4 Å². The summed E-state index contributed by atoms with van der Waals surface area (Å²) in [7, 11) is -3.42. The molecule has 1 atom stereocenters. The second-order valence-corrected chi connectivity index (χ2v) is 8.99. The number of guanidine groups is 1. The van der Waals surface area contributed by atoms with E-state index in [1.807, 2.05) is 13.8 Å². The van der Waals surface area contributed by atoms with Crippen LogP contribution in [0.1, 0.15) is 34.1 Å². The Morgan fingerprint density at radius 3 is 2.56 bits per heavy atom. The normalized spacial score (nSPS) is 13.3. The molecule has 0 spiro atoms. The molecule has 158 valence electrons. The Morgan fingerprint density at radius 2 is 2.00 bits per heavy atom. The number of hydrogen-bond acceptors (Lipinski definition) is 5. The average molecular weight is 533 g/mol. The maximum atomic E-state index is 12.0. The van der Waals surface area contributed by atoms with Gasteiger partial charge in [-0.3, -0.25) is 4.99 Å². The Morgan fingerprint density at radius 1 is 1.26 bits per heavy atom. The van der Waals surface area contributed by atoms with Gasteiger partial charge in [-0.15, -0.1) is 35.3 Å². The standard InChI is InChI=1S/C17H32N4O3S2.HI/c1-5-18-17(19-10-9-15(14(3)4)24-6-2)20-11-12-21-26(22,23)16-8-7-13-25-16;/h7-8,13-15,21H,5-6,9-12H2,1-4H3,(H2,18,19,20);1H. The van der Waals surface area contributed by atoms with Gasteiger partial charge in [0.15, 0.2) is 5.96 Å². The molecule has 0 saturated heterocycles. The maximum Gasteiger partial charge on any atom is 0.250 e. The number of ether oxygens (including phenoxy) is 1. The maximum absolute atomic E-state index is 12.0. The highest BCUT2D eigenvalue weighted by molar-refractivity contribution is 14.0. The molecule has 0 aliphatic heterocycles. The minimum Gasteiger partial charge on any atom is -0.378 e. The number of nitrogens with zero attached hydrogens (tertiary/aromatic N) is 1. The molecule has 1 aromatic rings. The van der Waals surface area contributed by atoms with Crippen molar-refractivity contribution in [1.29, 1.82) is 0 Å². The quantitative estimate of drug-likeness (QED) is 0.167. The first-order chi connectivity index (χ1) is 12.4. The van der Waals surface area contributed by atoms with Crippen LogP contribution in [0.15, 0.2) is 26.7 Å². The molecule has 3 N–H and O–H groups in total. The van der Waals surface area contributed by atoms with Gasteiger partial charge in [-0.25, -0.2) is 13.1 Å². The molecule has 1 unspecified atom stereocenters. The first-order valence-corrected chi connectivity index (χ1v) is 11.4. The molecular weight excluding hydrogens is 499 g/mol. The van der Waals surface area contributed by atoms with Crippen LogP contribution in [0.25, 0.3) is 0 Å². The Bertz CT molecular complexity index is 622. The largest absolute Gasteiger partial charge is 0.378 e. The van der Waals surface area contributed by atoms with Crippen LogP contribution in [0, 0.1) is 5.92 Å². The molecule has 1 aromatic heterocycles. The van der Waals surface area contributed by atoms with Gasteiger partial charge in [-0.1, -0.05) is 19.9 Å². The van der Waals surface area contributed by atoms with Gasteiger partial charge < -0.3 is 15.4 Å². The van der Waals surface area contributed by atoms with E-state index in [0.717, 1.165) is 13.0 Å². The summed E-state index contributed by atoms with van der Waals surface area (Å²) < 4.78 is 32.7. The molecule has 1 rings (SSSR count). The molecule has 0 aliphatic rings. The van der Waals surface area contributed by atoms with Crippen molar-refractivity contribution in [3.8, 4) is 0 Å². The SMILES string of the molecule is CCNC(=NCCC(OCC)C(C)C)NCCNS(=O)(=O)c1cccs1.I. The fraction of sp³-hybridized carbons (Fsp3) is 0.706. The molecule has 0 aliphatic carbocycles. The Labute approximate surface area is 184 Å². The molecule has 0 fully saturated rings. The van der Waals surface area contributed by atoms with E-state index in [2.05, 4.69) is 34.2 Å². The number of nitrogens with one attached hydrogen (secondary N) is 3. The summed E-state index contributed by atoms with van der Waals surface area (Å²) in [5.74, 6) is 1.13. The van der Waals surface area contributed by atoms with E-state index < -0.39 is 10.0 Å². The van der Waals surface area contributed by atoms with Crippen LogP contribution in [0.4, 0.5) is 0 Å². The first kappa shape index (κ1) is 26.6. The van der Waals surface area contributed by atoms with Gasteiger partial charge in [0, 0.05) is 32.8 Å². The molecule has 0 radical (unpaired) electrons. The van der Waals surface area contributed by atoms with Crippen LogP contribution in [-0.2, 0) is 14.8 Å². The minimum absolute atomic E-state index is 0. The third-order valence-corrected chi connectivity index (χ3v) is 6.48. The first-order valence-electron chi connectivity index (χ1n) is 9.07. The highest BCUT2D eigenvalue weighted by Crippen LogP contribution is 2.14. The highest BCUT2D eigenvalue weighted by Gasteiger charge is 2.14. The number of sulfonamides is 1. The van der Waals surface area contributed by atoms with Crippen molar-refractivity contribution in [3.05, 3.63) is 17.5 Å². The summed E-state index contributed by atoms with van der Waals surface area (Å²) in [6.45, 7) is 11.1. The second kappa shape index (κ2) is 14.6. The monoisotopic (exact) mass is 532 g/mol. The number of thiophene rings is 1. The number of hydrogen-bond donors (Lipinski definition) is 3. The third-order valence-electron chi connectivity index (χ3n) is 3.62. The van der Waals surface area contributed by atoms with Crippen molar-refractivity contribution in [3.63, 3.8) is 0 Å².